The Hall–Kier alpha value is -1.69. The summed E-state index contributed by atoms with van der Waals surface area (Å²) in [6.07, 6.45) is 4.87. The number of nitrogen functional groups attached to an aromatic ring is 1. The first-order chi connectivity index (χ1) is 8.26. The molecule has 3 nitrogen and oxygen atoms in total. The van der Waals surface area contributed by atoms with Crippen molar-refractivity contribution in [2.45, 2.75) is 38.6 Å². The zero-order valence-electron chi connectivity index (χ0n) is 10.3. The van der Waals surface area contributed by atoms with E-state index >= 15 is 0 Å². The van der Waals surface area contributed by atoms with Crippen LogP contribution in [0, 0.1) is 11.3 Å². The molecule has 0 bridgehead atoms. The number of nitrogens with zero attached hydrogens (tertiary/aromatic N) is 2. The summed E-state index contributed by atoms with van der Waals surface area (Å²) in [6, 6.07) is 8.47. The normalized spacial score (nSPS) is 20.0. The molecule has 1 aliphatic rings. The van der Waals surface area contributed by atoms with Gasteiger partial charge in [-0.15, -0.1) is 0 Å². The SMILES string of the molecule is CCC1CCCCN1c1ccc(N)cc1C#N. The van der Waals surface area contributed by atoms with Gasteiger partial charge in [-0.1, -0.05) is 6.92 Å². The average Bonchev–Trinajstić information content (AvgIpc) is 2.38. The van der Waals surface area contributed by atoms with Gasteiger partial charge in [-0.05, 0) is 43.9 Å². The van der Waals surface area contributed by atoms with Crippen molar-refractivity contribution in [3.63, 3.8) is 0 Å². The fraction of sp³-hybridized carbons (Fsp3) is 0.500. The van der Waals surface area contributed by atoms with E-state index in [1.165, 1.54) is 19.3 Å². The lowest BCUT2D eigenvalue weighted by Gasteiger charge is -2.37. The molecule has 0 saturated carbocycles. The van der Waals surface area contributed by atoms with E-state index in [1.807, 2.05) is 12.1 Å². The smallest absolute Gasteiger partial charge is 0.101 e. The molecule has 17 heavy (non-hydrogen) atoms. The quantitative estimate of drug-likeness (QED) is 0.793. The molecule has 2 rings (SSSR count). The zero-order valence-corrected chi connectivity index (χ0v) is 10.3. The highest BCUT2D eigenvalue weighted by molar-refractivity contribution is 5.65. The molecule has 3 heteroatoms. The van der Waals surface area contributed by atoms with Crippen LogP contribution in [0.15, 0.2) is 18.2 Å². The van der Waals surface area contributed by atoms with Gasteiger partial charge in [0.15, 0.2) is 0 Å². The summed E-state index contributed by atoms with van der Waals surface area (Å²) in [4.78, 5) is 2.38. The van der Waals surface area contributed by atoms with Crippen LogP contribution in [-0.2, 0) is 0 Å². The number of hydrogen-bond acceptors (Lipinski definition) is 3. The first-order valence-corrected chi connectivity index (χ1v) is 6.32. The third-order valence-corrected chi connectivity index (χ3v) is 3.55. The highest BCUT2D eigenvalue weighted by Crippen LogP contribution is 2.30. The Bertz CT molecular complexity index is 434. The Morgan fingerprint density at radius 3 is 3.00 bits per heavy atom. The number of rotatable bonds is 2. The maximum Gasteiger partial charge on any atom is 0.101 e. The van der Waals surface area contributed by atoms with Gasteiger partial charge < -0.3 is 10.6 Å². The Morgan fingerprint density at radius 2 is 2.29 bits per heavy atom. The van der Waals surface area contributed by atoms with Crippen LogP contribution in [0.5, 0.6) is 0 Å². The monoisotopic (exact) mass is 229 g/mol. The van der Waals surface area contributed by atoms with Gasteiger partial charge in [0, 0.05) is 18.3 Å². The molecule has 1 heterocycles. The lowest BCUT2D eigenvalue weighted by atomic mass is 9.98. The van der Waals surface area contributed by atoms with Crippen LogP contribution in [0.4, 0.5) is 11.4 Å². The van der Waals surface area contributed by atoms with Crippen LogP contribution in [0.3, 0.4) is 0 Å². The predicted molar refractivity (Wildman–Crippen MR) is 70.8 cm³/mol. The molecule has 2 N–H and O–H groups in total. The lowest BCUT2D eigenvalue weighted by molar-refractivity contribution is 0.450. The van der Waals surface area contributed by atoms with Crippen LogP contribution < -0.4 is 10.6 Å². The maximum absolute atomic E-state index is 9.20. The van der Waals surface area contributed by atoms with Gasteiger partial charge in [0.05, 0.1) is 11.3 Å². The van der Waals surface area contributed by atoms with E-state index in [2.05, 4.69) is 17.9 Å². The summed E-state index contributed by atoms with van der Waals surface area (Å²) < 4.78 is 0. The molecular weight excluding hydrogens is 210 g/mol. The van der Waals surface area contributed by atoms with Crippen LogP contribution >= 0.6 is 0 Å². The second-order valence-electron chi connectivity index (χ2n) is 4.64. The van der Waals surface area contributed by atoms with Gasteiger partial charge in [0.25, 0.3) is 0 Å². The molecule has 1 atom stereocenters. The van der Waals surface area contributed by atoms with Crippen LogP contribution in [-0.4, -0.2) is 12.6 Å². The largest absolute Gasteiger partial charge is 0.399 e. The summed E-state index contributed by atoms with van der Waals surface area (Å²) in [5.41, 5.74) is 8.14. The van der Waals surface area contributed by atoms with E-state index in [9.17, 15) is 5.26 Å². The van der Waals surface area contributed by atoms with Crippen molar-refractivity contribution in [2.24, 2.45) is 0 Å². The Balaban J connectivity index is 2.35. The van der Waals surface area contributed by atoms with Gasteiger partial charge >= 0.3 is 0 Å². The van der Waals surface area contributed by atoms with Crippen molar-refractivity contribution in [2.75, 3.05) is 17.2 Å². The molecule has 1 unspecified atom stereocenters. The number of nitrogens with two attached hydrogens (primary N) is 1. The summed E-state index contributed by atoms with van der Waals surface area (Å²) >= 11 is 0. The number of piperidine rings is 1. The Morgan fingerprint density at radius 1 is 1.47 bits per heavy atom. The highest BCUT2D eigenvalue weighted by atomic mass is 15.2. The number of anilines is 2. The van der Waals surface area contributed by atoms with E-state index in [4.69, 9.17) is 5.73 Å². The molecule has 1 aromatic carbocycles. The van der Waals surface area contributed by atoms with E-state index in [0.29, 0.717) is 17.3 Å². The van der Waals surface area contributed by atoms with Crippen molar-refractivity contribution < 1.29 is 0 Å². The third kappa shape index (κ3) is 2.36. The minimum atomic E-state index is 0.569. The molecule has 1 aliphatic heterocycles. The molecule has 1 aromatic rings. The molecule has 0 aliphatic carbocycles. The summed E-state index contributed by atoms with van der Waals surface area (Å²) in [5.74, 6) is 0. The van der Waals surface area contributed by atoms with Crippen molar-refractivity contribution in [3.8, 4) is 6.07 Å². The van der Waals surface area contributed by atoms with Crippen LogP contribution in [0.2, 0.25) is 0 Å². The number of benzene rings is 1. The minimum absolute atomic E-state index is 0.569. The van der Waals surface area contributed by atoms with Crippen molar-refractivity contribution in [3.05, 3.63) is 23.8 Å². The Kier molecular flexibility index (Phi) is 3.53. The molecule has 1 saturated heterocycles. The lowest BCUT2D eigenvalue weighted by Crippen LogP contribution is -2.39. The highest BCUT2D eigenvalue weighted by Gasteiger charge is 2.22. The second kappa shape index (κ2) is 5.09. The number of nitriles is 1. The topological polar surface area (TPSA) is 53.0 Å². The molecule has 0 radical (unpaired) electrons. The number of hydrogen-bond donors (Lipinski definition) is 1. The van der Waals surface area contributed by atoms with Gasteiger partial charge in [-0.2, -0.15) is 5.26 Å². The zero-order chi connectivity index (χ0) is 12.3. The third-order valence-electron chi connectivity index (χ3n) is 3.55. The maximum atomic E-state index is 9.20. The molecule has 0 spiro atoms. The van der Waals surface area contributed by atoms with Gasteiger partial charge in [0.2, 0.25) is 0 Å². The molecule has 1 fully saturated rings. The van der Waals surface area contributed by atoms with E-state index in [1.54, 1.807) is 6.07 Å². The summed E-state index contributed by atoms with van der Waals surface area (Å²) in [6.45, 7) is 3.27. The fourth-order valence-corrected chi connectivity index (χ4v) is 2.64. The molecule has 0 aromatic heterocycles. The van der Waals surface area contributed by atoms with E-state index in [-0.39, 0.29) is 0 Å². The fourth-order valence-electron chi connectivity index (χ4n) is 2.64. The standard InChI is InChI=1S/C14H19N3/c1-2-13-5-3-4-8-17(13)14-7-6-12(16)9-11(14)10-15/h6-7,9,13H,2-5,8,16H2,1H3. The van der Waals surface area contributed by atoms with Gasteiger partial charge in [0.1, 0.15) is 6.07 Å². The van der Waals surface area contributed by atoms with Crippen LogP contribution in [0.25, 0.3) is 0 Å². The summed E-state index contributed by atoms with van der Waals surface area (Å²) in [5, 5.41) is 9.20. The van der Waals surface area contributed by atoms with Gasteiger partial charge in [-0.25, -0.2) is 0 Å². The van der Waals surface area contributed by atoms with E-state index < -0.39 is 0 Å². The first kappa shape index (κ1) is 11.8. The predicted octanol–water partition coefficient (Wildman–Crippen LogP) is 2.91. The first-order valence-electron chi connectivity index (χ1n) is 6.32. The van der Waals surface area contributed by atoms with Gasteiger partial charge in [-0.3, -0.25) is 0 Å². The molecule has 90 valence electrons. The second-order valence-corrected chi connectivity index (χ2v) is 4.64. The van der Waals surface area contributed by atoms with Crippen molar-refractivity contribution >= 4 is 11.4 Å². The molecule has 0 amide bonds. The Labute approximate surface area is 103 Å². The van der Waals surface area contributed by atoms with Crippen molar-refractivity contribution in [1.29, 1.82) is 5.26 Å². The van der Waals surface area contributed by atoms with Crippen LogP contribution in [0.1, 0.15) is 38.2 Å². The summed E-state index contributed by atoms with van der Waals surface area (Å²) in [7, 11) is 0. The van der Waals surface area contributed by atoms with Crippen molar-refractivity contribution in [1.82, 2.24) is 0 Å². The molecular formula is C14H19N3. The average molecular weight is 229 g/mol. The van der Waals surface area contributed by atoms with E-state index in [0.717, 1.165) is 18.7 Å². The minimum Gasteiger partial charge on any atom is -0.399 e.